The van der Waals surface area contributed by atoms with Crippen LogP contribution in [-0.4, -0.2) is 24.2 Å². The Kier molecular flexibility index (Phi) is 4.22. The first-order valence-electron chi connectivity index (χ1n) is 6.39. The molecule has 1 heterocycles. The minimum absolute atomic E-state index is 0.122. The standard InChI is InChI=1S/C15H19NO3/c1-10(2)9-19-13-5-3-11(4-6-13)14-7-12(8-16-14)15(17)18/h3-6,12,14,16H,1,7-9H2,2H3,(H,17,18). The van der Waals surface area contributed by atoms with Gasteiger partial charge < -0.3 is 15.2 Å². The van der Waals surface area contributed by atoms with Crippen molar-refractivity contribution in [1.29, 1.82) is 0 Å². The molecule has 0 aromatic heterocycles. The molecule has 0 bridgehead atoms. The van der Waals surface area contributed by atoms with E-state index in [0.717, 1.165) is 16.9 Å². The molecule has 0 saturated carbocycles. The zero-order valence-electron chi connectivity index (χ0n) is 11.1. The van der Waals surface area contributed by atoms with E-state index in [1.807, 2.05) is 31.2 Å². The van der Waals surface area contributed by atoms with Crippen LogP contribution in [0.4, 0.5) is 0 Å². The maximum absolute atomic E-state index is 10.9. The second kappa shape index (κ2) is 5.89. The summed E-state index contributed by atoms with van der Waals surface area (Å²) in [6, 6.07) is 7.91. The van der Waals surface area contributed by atoms with Gasteiger partial charge in [0.15, 0.2) is 0 Å². The lowest BCUT2D eigenvalue weighted by Crippen LogP contribution is -2.17. The number of carboxylic acid groups (broad SMARTS) is 1. The van der Waals surface area contributed by atoms with Crippen molar-refractivity contribution in [2.24, 2.45) is 5.92 Å². The van der Waals surface area contributed by atoms with Gasteiger partial charge in [-0.25, -0.2) is 0 Å². The Bertz CT molecular complexity index is 467. The average Bonchev–Trinajstić information content (AvgIpc) is 2.86. The molecule has 4 nitrogen and oxygen atoms in total. The molecule has 0 radical (unpaired) electrons. The molecule has 2 rings (SSSR count). The van der Waals surface area contributed by atoms with Gasteiger partial charge in [0.05, 0.1) is 5.92 Å². The molecular weight excluding hydrogens is 242 g/mol. The van der Waals surface area contributed by atoms with E-state index in [4.69, 9.17) is 9.84 Å². The summed E-state index contributed by atoms with van der Waals surface area (Å²) < 4.78 is 5.53. The van der Waals surface area contributed by atoms with Crippen molar-refractivity contribution in [1.82, 2.24) is 5.32 Å². The van der Waals surface area contributed by atoms with E-state index in [9.17, 15) is 4.79 Å². The van der Waals surface area contributed by atoms with E-state index < -0.39 is 5.97 Å². The van der Waals surface area contributed by atoms with E-state index in [0.29, 0.717) is 19.6 Å². The summed E-state index contributed by atoms with van der Waals surface area (Å²) in [4.78, 5) is 10.9. The van der Waals surface area contributed by atoms with Gasteiger partial charge >= 0.3 is 5.97 Å². The van der Waals surface area contributed by atoms with Crippen molar-refractivity contribution in [2.45, 2.75) is 19.4 Å². The minimum atomic E-state index is -0.726. The Morgan fingerprint density at radius 2 is 2.16 bits per heavy atom. The summed E-state index contributed by atoms with van der Waals surface area (Å²) in [5, 5.41) is 12.2. The number of benzene rings is 1. The van der Waals surface area contributed by atoms with Gasteiger partial charge in [-0.2, -0.15) is 0 Å². The molecule has 1 aromatic rings. The molecule has 1 aromatic carbocycles. The molecule has 0 amide bonds. The van der Waals surface area contributed by atoms with Crippen LogP contribution < -0.4 is 10.1 Å². The average molecular weight is 261 g/mol. The predicted molar refractivity (Wildman–Crippen MR) is 73.2 cm³/mol. The molecule has 19 heavy (non-hydrogen) atoms. The summed E-state index contributed by atoms with van der Waals surface area (Å²) >= 11 is 0. The Morgan fingerprint density at radius 1 is 1.47 bits per heavy atom. The lowest BCUT2D eigenvalue weighted by molar-refractivity contribution is -0.141. The molecule has 1 aliphatic rings. The predicted octanol–water partition coefficient (Wildman–Crippen LogP) is 2.38. The smallest absolute Gasteiger partial charge is 0.307 e. The van der Waals surface area contributed by atoms with Gasteiger partial charge in [0, 0.05) is 12.6 Å². The van der Waals surface area contributed by atoms with Gasteiger partial charge in [0.2, 0.25) is 0 Å². The van der Waals surface area contributed by atoms with Crippen LogP contribution in [0, 0.1) is 5.92 Å². The third-order valence-corrected chi connectivity index (χ3v) is 3.25. The topological polar surface area (TPSA) is 58.6 Å². The molecule has 2 unspecified atom stereocenters. The van der Waals surface area contributed by atoms with Gasteiger partial charge in [-0.1, -0.05) is 18.7 Å². The molecule has 2 atom stereocenters. The fraction of sp³-hybridized carbons (Fsp3) is 0.400. The highest BCUT2D eigenvalue weighted by molar-refractivity contribution is 5.70. The van der Waals surface area contributed by atoms with Crippen LogP contribution in [0.3, 0.4) is 0 Å². The third-order valence-electron chi connectivity index (χ3n) is 3.25. The van der Waals surface area contributed by atoms with Crippen molar-refractivity contribution < 1.29 is 14.6 Å². The second-order valence-electron chi connectivity index (χ2n) is 5.05. The first-order valence-corrected chi connectivity index (χ1v) is 6.39. The maximum atomic E-state index is 10.9. The van der Waals surface area contributed by atoms with Gasteiger partial charge in [0.1, 0.15) is 12.4 Å². The van der Waals surface area contributed by atoms with Crippen LogP contribution in [0.2, 0.25) is 0 Å². The number of nitrogens with one attached hydrogen (secondary N) is 1. The summed E-state index contributed by atoms with van der Waals surface area (Å²) in [7, 11) is 0. The lowest BCUT2D eigenvalue weighted by Gasteiger charge is -2.12. The summed E-state index contributed by atoms with van der Waals surface area (Å²) in [6.07, 6.45) is 0.640. The molecule has 2 N–H and O–H groups in total. The monoisotopic (exact) mass is 261 g/mol. The fourth-order valence-electron chi connectivity index (χ4n) is 2.18. The van der Waals surface area contributed by atoms with Crippen LogP contribution in [0.1, 0.15) is 24.9 Å². The number of carbonyl (C=O) groups is 1. The summed E-state index contributed by atoms with van der Waals surface area (Å²) in [6.45, 7) is 6.76. The molecular formula is C15H19NO3. The zero-order valence-corrected chi connectivity index (χ0v) is 11.1. The second-order valence-corrected chi connectivity index (χ2v) is 5.05. The van der Waals surface area contributed by atoms with Crippen molar-refractivity contribution >= 4 is 5.97 Å². The normalized spacial score (nSPS) is 22.2. The van der Waals surface area contributed by atoms with Crippen LogP contribution >= 0.6 is 0 Å². The Balaban J connectivity index is 1.95. The van der Waals surface area contributed by atoms with Crippen molar-refractivity contribution in [3.05, 3.63) is 42.0 Å². The largest absolute Gasteiger partial charge is 0.489 e. The van der Waals surface area contributed by atoms with Gasteiger partial charge in [0.25, 0.3) is 0 Å². The summed E-state index contributed by atoms with van der Waals surface area (Å²) in [5.41, 5.74) is 2.08. The maximum Gasteiger partial charge on any atom is 0.307 e. The number of hydrogen-bond acceptors (Lipinski definition) is 3. The minimum Gasteiger partial charge on any atom is -0.489 e. The lowest BCUT2D eigenvalue weighted by atomic mass is 10.0. The highest BCUT2D eigenvalue weighted by Gasteiger charge is 2.29. The van der Waals surface area contributed by atoms with Gasteiger partial charge in [-0.05, 0) is 36.6 Å². The fourth-order valence-corrected chi connectivity index (χ4v) is 2.18. The van der Waals surface area contributed by atoms with Crippen molar-refractivity contribution in [3.8, 4) is 5.75 Å². The summed E-state index contributed by atoms with van der Waals surface area (Å²) in [5.74, 6) is -0.208. The van der Waals surface area contributed by atoms with E-state index in [2.05, 4.69) is 11.9 Å². The SMILES string of the molecule is C=C(C)COc1ccc(C2CC(C(=O)O)CN2)cc1. The first-order chi connectivity index (χ1) is 9.06. The molecule has 4 heteroatoms. The number of hydrogen-bond donors (Lipinski definition) is 2. The molecule has 1 aliphatic heterocycles. The Morgan fingerprint density at radius 3 is 2.68 bits per heavy atom. The van der Waals surface area contributed by atoms with Crippen LogP contribution in [-0.2, 0) is 4.79 Å². The van der Waals surface area contributed by atoms with E-state index in [1.165, 1.54) is 0 Å². The van der Waals surface area contributed by atoms with E-state index >= 15 is 0 Å². The van der Waals surface area contributed by atoms with Crippen molar-refractivity contribution in [3.63, 3.8) is 0 Å². The molecule has 1 fully saturated rings. The van der Waals surface area contributed by atoms with E-state index in [-0.39, 0.29) is 12.0 Å². The highest BCUT2D eigenvalue weighted by Crippen LogP contribution is 2.28. The first kappa shape index (κ1) is 13.6. The number of rotatable bonds is 5. The van der Waals surface area contributed by atoms with Gasteiger partial charge in [-0.3, -0.25) is 4.79 Å². The highest BCUT2D eigenvalue weighted by atomic mass is 16.5. The van der Waals surface area contributed by atoms with Gasteiger partial charge in [-0.15, -0.1) is 0 Å². The number of ether oxygens (including phenoxy) is 1. The molecule has 0 spiro atoms. The number of aliphatic carboxylic acids is 1. The Labute approximate surface area is 113 Å². The van der Waals surface area contributed by atoms with Crippen molar-refractivity contribution in [2.75, 3.05) is 13.2 Å². The molecule has 0 aliphatic carbocycles. The quantitative estimate of drug-likeness (QED) is 0.799. The zero-order chi connectivity index (χ0) is 13.8. The molecule has 1 saturated heterocycles. The number of carboxylic acids is 1. The van der Waals surface area contributed by atoms with Crippen LogP contribution in [0.5, 0.6) is 5.75 Å². The van der Waals surface area contributed by atoms with E-state index in [1.54, 1.807) is 0 Å². The van der Waals surface area contributed by atoms with Crippen LogP contribution in [0.25, 0.3) is 0 Å². The van der Waals surface area contributed by atoms with Crippen LogP contribution in [0.15, 0.2) is 36.4 Å². The third kappa shape index (κ3) is 3.58. The molecule has 102 valence electrons. The Hall–Kier alpha value is -1.81.